The molecule has 2 nitrogen and oxygen atoms in total. The van der Waals surface area contributed by atoms with Crippen molar-refractivity contribution in [1.82, 2.24) is 4.37 Å². The summed E-state index contributed by atoms with van der Waals surface area (Å²) in [4.78, 5) is 11.7. The van der Waals surface area contributed by atoms with E-state index in [9.17, 15) is 9.18 Å². The fourth-order valence-electron chi connectivity index (χ4n) is 1.27. The number of ketones is 1. The Morgan fingerprint density at radius 2 is 2.20 bits per heavy atom. The first kappa shape index (κ1) is 9.98. The second-order valence-electron chi connectivity index (χ2n) is 3.20. The first-order valence-electron chi connectivity index (χ1n) is 4.40. The lowest BCUT2D eigenvalue weighted by Gasteiger charge is -2.00. The van der Waals surface area contributed by atoms with Gasteiger partial charge in [0.2, 0.25) is 5.78 Å². The van der Waals surface area contributed by atoms with Gasteiger partial charge in [-0.1, -0.05) is 6.07 Å². The lowest BCUT2D eigenvalue weighted by Crippen LogP contribution is -2.04. The summed E-state index contributed by atoms with van der Waals surface area (Å²) in [6.45, 7) is 1.78. The summed E-state index contributed by atoms with van der Waals surface area (Å²) in [5.41, 5.74) is 1.16. The van der Waals surface area contributed by atoms with Crippen molar-refractivity contribution in [2.45, 2.75) is 6.92 Å². The highest BCUT2D eigenvalue weighted by atomic mass is 32.1. The quantitative estimate of drug-likeness (QED) is 0.730. The van der Waals surface area contributed by atoms with Gasteiger partial charge in [-0.05, 0) is 42.2 Å². The number of aryl methyl sites for hydroxylation is 1. The van der Waals surface area contributed by atoms with Crippen LogP contribution in [0.4, 0.5) is 4.39 Å². The number of carbonyl (C=O) groups is 1. The maximum atomic E-state index is 13.4. The molecule has 2 aromatic rings. The van der Waals surface area contributed by atoms with Gasteiger partial charge in [-0.25, -0.2) is 4.39 Å². The van der Waals surface area contributed by atoms with E-state index in [2.05, 4.69) is 4.37 Å². The van der Waals surface area contributed by atoms with E-state index in [4.69, 9.17) is 0 Å². The molecule has 0 N–H and O–H groups in total. The third kappa shape index (κ3) is 1.94. The van der Waals surface area contributed by atoms with Gasteiger partial charge < -0.3 is 0 Å². The Kier molecular flexibility index (Phi) is 2.60. The van der Waals surface area contributed by atoms with Gasteiger partial charge in [0.15, 0.2) is 0 Å². The van der Waals surface area contributed by atoms with E-state index >= 15 is 0 Å². The van der Waals surface area contributed by atoms with Crippen molar-refractivity contribution in [2.75, 3.05) is 0 Å². The molecule has 0 aliphatic carbocycles. The van der Waals surface area contributed by atoms with Crippen molar-refractivity contribution < 1.29 is 9.18 Å². The van der Waals surface area contributed by atoms with Crippen LogP contribution in [0.15, 0.2) is 29.6 Å². The molecule has 0 atom stereocenters. The number of rotatable bonds is 2. The number of hydrogen-bond acceptors (Lipinski definition) is 3. The van der Waals surface area contributed by atoms with Crippen LogP contribution < -0.4 is 0 Å². The highest BCUT2D eigenvalue weighted by molar-refractivity contribution is 7.03. The zero-order valence-corrected chi connectivity index (χ0v) is 8.84. The summed E-state index contributed by atoms with van der Waals surface area (Å²) >= 11 is 1.18. The molecule has 1 aromatic carbocycles. The number of carbonyl (C=O) groups excluding carboxylic acids is 1. The predicted octanol–water partition coefficient (Wildman–Crippen LogP) is 2.82. The molecule has 0 saturated heterocycles. The molecule has 0 aliphatic rings. The first-order valence-corrected chi connectivity index (χ1v) is 5.23. The second kappa shape index (κ2) is 3.90. The van der Waals surface area contributed by atoms with Gasteiger partial charge in [0.1, 0.15) is 11.5 Å². The lowest BCUT2D eigenvalue weighted by molar-refractivity contribution is 0.103. The van der Waals surface area contributed by atoms with E-state index in [0.717, 1.165) is 5.56 Å². The third-order valence-corrected chi connectivity index (χ3v) is 2.60. The van der Waals surface area contributed by atoms with Crippen LogP contribution in [-0.2, 0) is 0 Å². The van der Waals surface area contributed by atoms with E-state index in [1.165, 1.54) is 23.7 Å². The summed E-state index contributed by atoms with van der Waals surface area (Å²) < 4.78 is 17.3. The van der Waals surface area contributed by atoms with Crippen molar-refractivity contribution in [2.24, 2.45) is 0 Å². The monoisotopic (exact) mass is 221 g/mol. The molecule has 0 amide bonds. The van der Waals surface area contributed by atoms with Gasteiger partial charge in [-0.3, -0.25) is 4.79 Å². The summed E-state index contributed by atoms with van der Waals surface area (Å²) in [6.07, 6.45) is 0. The van der Waals surface area contributed by atoms with Crippen LogP contribution in [-0.4, -0.2) is 10.2 Å². The molecule has 76 valence electrons. The number of halogens is 1. The molecular formula is C11H8FNOS. The van der Waals surface area contributed by atoms with Crippen LogP contribution in [0.1, 0.15) is 21.6 Å². The van der Waals surface area contributed by atoms with Gasteiger partial charge in [0.25, 0.3) is 0 Å². The zero-order chi connectivity index (χ0) is 10.8. The molecule has 0 aliphatic heterocycles. The molecule has 1 heterocycles. The minimum absolute atomic E-state index is 0.0755. The van der Waals surface area contributed by atoms with Gasteiger partial charge in [-0.15, -0.1) is 0 Å². The van der Waals surface area contributed by atoms with Gasteiger partial charge in [0, 0.05) is 5.38 Å². The average molecular weight is 221 g/mol. The zero-order valence-electron chi connectivity index (χ0n) is 8.03. The Bertz CT molecular complexity index is 493. The van der Waals surface area contributed by atoms with Crippen LogP contribution >= 0.6 is 11.5 Å². The first-order chi connectivity index (χ1) is 7.18. The lowest BCUT2D eigenvalue weighted by atomic mass is 10.1. The smallest absolute Gasteiger partial charge is 0.215 e. The van der Waals surface area contributed by atoms with E-state index in [0.29, 0.717) is 5.69 Å². The standard InChI is InChI=1S/C11H8FNOS/c1-7-2-3-8(9(12)6-7)11(14)10-4-5-15-13-10/h2-6H,1H3. The maximum absolute atomic E-state index is 13.4. The predicted molar refractivity (Wildman–Crippen MR) is 56.7 cm³/mol. The number of aromatic nitrogens is 1. The Balaban J connectivity index is 2.42. The molecule has 0 radical (unpaired) electrons. The topological polar surface area (TPSA) is 30.0 Å². The minimum atomic E-state index is -0.493. The van der Waals surface area contributed by atoms with Crippen molar-refractivity contribution in [3.8, 4) is 0 Å². The fraction of sp³-hybridized carbons (Fsp3) is 0.0909. The van der Waals surface area contributed by atoms with Crippen molar-refractivity contribution >= 4 is 17.3 Å². The molecule has 1 aromatic heterocycles. The van der Waals surface area contributed by atoms with E-state index in [1.54, 1.807) is 24.4 Å². The van der Waals surface area contributed by atoms with E-state index < -0.39 is 5.82 Å². The molecular weight excluding hydrogens is 213 g/mol. The van der Waals surface area contributed by atoms with Crippen LogP contribution in [0.5, 0.6) is 0 Å². The Hall–Kier alpha value is -1.55. The van der Waals surface area contributed by atoms with Crippen LogP contribution in [0.25, 0.3) is 0 Å². The van der Waals surface area contributed by atoms with Crippen LogP contribution in [0.3, 0.4) is 0 Å². The molecule has 0 fully saturated rings. The van der Waals surface area contributed by atoms with Gasteiger partial charge >= 0.3 is 0 Å². The highest BCUT2D eigenvalue weighted by Gasteiger charge is 2.15. The molecule has 0 bridgehead atoms. The number of hydrogen-bond donors (Lipinski definition) is 0. The molecule has 0 spiro atoms. The molecule has 4 heteroatoms. The van der Waals surface area contributed by atoms with Crippen LogP contribution in [0, 0.1) is 12.7 Å². The third-order valence-electron chi connectivity index (χ3n) is 2.04. The average Bonchev–Trinajstić information content (AvgIpc) is 2.69. The van der Waals surface area contributed by atoms with Crippen molar-refractivity contribution in [1.29, 1.82) is 0 Å². The van der Waals surface area contributed by atoms with Crippen LogP contribution in [0.2, 0.25) is 0 Å². The highest BCUT2D eigenvalue weighted by Crippen LogP contribution is 2.14. The fourth-order valence-corrected chi connectivity index (χ4v) is 1.78. The van der Waals surface area contributed by atoms with E-state index in [-0.39, 0.29) is 11.3 Å². The summed E-state index contributed by atoms with van der Waals surface area (Å²) in [5, 5.41) is 1.69. The molecule has 0 saturated carbocycles. The summed E-state index contributed by atoms with van der Waals surface area (Å²) in [5.74, 6) is -0.859. The van der Waals surface area contributed by atoms with Gasteiger partial charge in [-0.2, -0.15) is 4.37 Å². The summed E-state index contributed by atoms with van der Waals surface area (Å²) in [6, 6.07) is 6.14. The Morgan fingerprint density at radius 1 is 1.40 bits per heavy atom. The maximum Gasteiger partial charge on any atom is 0.215 e. The second-order valence-corrected chi connectivity index (χ2v) is 3.86. The largest absolute Gasteiger partial charge is 0.287 e. The SMILES string of the molecule is Cc1ccc(C(=O)c2ccsn2)c(F)c1. The van der Waals surface area contributed by atoms with Gasteiger partial charge in [0.05, 0.1) is 5.56 Å². The minimum Gasteiger partial charge on any atom is -0.287 e. The molecule has 0 unspecified atom stereocenters. The normalized spacial score (nSPS) is 10.3. The molecule has 2 rings (SSSR count). The summed E-state index contributed by atoms with van der Waals surface area (Å²) in [7, 11) is 0. The Morgan fingerprint density at radius 3 is 2.80 bits per heavy atom. The molecule has 15 heavy (non-hydrogen) atoms. The number of nitrogens with zero attached hydrogens (tertiary/aromatic N) is 1. The number of benzene rings is 1. The van der Waals surface area contributed by atoms with E-state index in [1.807, 2.05) is 0 Å². The van der Waals surface area contributed by atoms with Crippen molar-refractivity contribution in [3.05, 3.63) is 52.3 Å². The van der Waals surface area contributed by atoms with Crippen molar-refractivity contribution in [3.63, 3.8) is 0 Å². The Labute approximate surface area is 90.5 Å².